The van der Waals surface area contributed by atoms with E-state index >= 15 is 0 Å². The van der Waals surface area contributed by atoms with E-state index in [1.54, 1.807) is 0 Å². The Balaban J connectivity index is 1.58. The highest BCUT2D eigenvalue weighted by Crippen LogP contribution is 2.28. The quantitative estimate of drug-likeness (QED) is 0.114. The SMILES string of the molecule is CC(C)C[C@H](NC(=O)[C@H](C)N)C(=O)N[C@@H](CC(C)C)C(=O)NCC(=O)N[C@@H](C)C(=O)N1CCC[C@H]1C(=O)N1CCC[C@H]1C(=O)N1CCC[C@H]1C(=O)O. The van der Waals surface area contributed by atoms with Crippen molar-refractivity contribution < 1.29 is 43.5 Å². The Morgan fingerprint density at radius 2 is 1.08 bits per heavy atom. The molecule has 0 aliphatic carbocycles. The van der Waals surface area contributed by atoms with Gasteiger partial charge in [0.05, 0.1) is 12.6 Å². The third-order valence-electron chi connectivity index (χ3n) is 9.73. The maximum atomic E-state index is 13.8. The van der Waals surface area contributed by atoms with Crippen LogP contribution in [0.1, 0.15) is 92.9 Å². The lowest BCUT2D eigenvalue weighted by atomic mass is 10.00. The number of carboxylic acid groups (broad SMARTS) is 1. The standard InChI is InChI=1S/C35H58N8O9/c1-19(2)16-23(40-31(47)24(17-20(3)4)39-29(45)21(5)36)30(46)37-18-28(44)38-22(6)32(48)41-13-7-10-25(41)33(49)42-14-8-11-26(42)34(50)43-15-9-12-27(43)35(51)52/h19-27H,7-18,36H2,1-6H3,(H,37,46)(H,38,44)(H,39,45)(H,40,47)(H,51,52)/t21-,22-,23-,24-,25-,26-,27-/m0/s1. The van der Waals surface area contributed by atoms with Gasteiger partial charge in [-0.2, -0.15) is 0 Å². The molecule has 7 amide bonds. The number of nitrogens with one attached hydrogen (secondary N) is 4. The number of nitrogens with zero attached hydrogens (tertiary/aromatic N) is 3. The molecule has 52 heavy (non-hydrogen) atoms. The second kappa shape index (κ2) is 19.0. The topological polar surface area (TPSA) is 241 Å². The van der Waals surface area contributed by atoms with Crippen LogP contribution in [0.25, 0.3) is 0 Å². The van der Waals surface area contributed by atoms with Crippen molar-refractivity contribution >= 4 is 47.3 Å². The third kappa shape index (κ3) is 11.1. The molecule has 3 aliphatic rings. The highest BCUT2D eigenvalue weighted by atomic mass is 16.4. The van der Waals surface area contributed by atoms with Gasteiger partial charge in [-0.25, -0.2) is 4.79 Å². The van der Waals surface area contributed by atoms with Gasteiger partial charge >= 0.3 is 5.97 Å². The first-order chi connectivity index (χ1) is 24.4. The van der Waals surface area contributed by atoms with E-state index in [1.807, 2.05) is 27.7 Å². The fourth-order valence-corrected chi connectivity index (χ4v) is 7.12. The molecule has 0 unspecified atom stereocenters. The number of aliphatic carboxylic acids is 1. The average molecular weight is 735 g/mol. The van der Waals surface area contributed by atoms with E-state index in [9.17, 15) is 43.5 Å². The van der Waals surface area contributed by atoms with Gasteiger partial charge in [-0.3, -0.25) is 33.6 Å². The molecule has 0 aromatic carbocycles. The predicted octanol–water partition coefficient (Wildman–Crippen LogP) is -0.926. The van der Waals surface area contributed by atoms with Crippen LogP contribution in [-0.4, -0.2) is 136 Å². The number of amides is 7. The Hall–Kier alpha value is -4.28. The number of hydrogen-bond acceptors (Lipinski definition) is 9. The van der Waals surface area contributed by atoms with Crippen molar-refractivity contribution in [1.82, 2.24) is 36.0 Å². The van der Waals surface area contributed by atoms with Crippen LogP contribution >= 0.6 is 0 Å². The highest BCUT2D eigenvalue weighted by Gasteiger charge is 2.46. The minimum atomic E-state index is -1.07. The predicted molar refractivity (Wildman–Crippen MR) is 189 cm³/mol. The van der Waals surface area contributed by atoms with Gasteiger partial charge in [0.15, 0.2) is 0 Å². The van der Waals surface area contributed by atoms with Crippen LogP contribution in [0, 0.1) is 11.8 Å². The lowest BCUT2D eigenvalue weighted by Crippen LogP contribution is -2.57. The molecule has 0 aromatic heterocycles. The van der Waals surface area contributed by atoms with Gasteiger partial charge in [0, 0.05) is 19.6 Å². The van der Waals surface area contributed by atoms with Crippen molar-refractivity contribution in [1.29, 1.82) is 0 Å². The fourth-order valence-electron chi connectivity index (χ4n) is 7.12. The van der Waals surface area contributed by atoms with Crippen molar-refractivity contribution in [3.8, 4) is 0 Å². The zero-order chi connectivity index (χ0) is 38.9. The van der Waals surface area contributed by atoms with E-state index in [-0.39, 0.29) is 36.6 Å². The monoisotopic (exact) mass is 734 g/mol. The summed E-state index contributed by atoms with van der Waals surface area (Å²) in [5.41, 5.74) is 5.66. The Bertz CT molecular complexity index is 1360. The molecule has 0 saturated carbocycles. The lowest BCUT2D eigenvalue weighted by molar-refractivity contribution is -0.153. The number of carbonyl (C=O) groups is 8. The van der Waals surface area contributed by atoms with Gasteiger partial charge in [0.2, 0.25) is 41.4 Å². The Morgan fingerprint density at radius 1 is 0.635 bits per heavy atom. The van der Waals surface area contributed by atoms with Crippen LogP contribution in [-0.2, 0) is 38.4 Å². The van der Waals surface area contributed by atoms with Crippen LogP contribution in [0.4, 0.5) is 0 Å². The van der Waals surface area contributed by atoms with Crippen molar-refractivity contribution in [2.24, 2.45) is 17.6 Å². The van der Waals surface area contributed by atoms with Crippen LogP contribution < -0.4 is 27.0 Å². The van der Waals surface area contributed by atoms with E-state index in [0.29, 0.717) is 58.0 Å². The largest absolute Gasteiger partial charge is 0.480 e. The first kappa shape index (κ1) is 42.1. The lowest BCUT2D eigenvalue weighted by Gasteiger charge is -2.34. The summed E-state index contributed by atoms with van der Waals surface area (Å²) in [5, 5.41) is 20.0. The number of nitrogens with two attached hydrogens (primary N) is 1. The summed E-state index contributed by atoms with van der Waals surface area (Å²) in [5.74, 6) is -4.57. The summed E-state index contributed by atoms with van der Waals surface area (Å²) in [6, 6.07) is -6.30. The maximum absolute atomic E-state index is 13.8. The molecule has 3 fully saturated rings. The minimum absolute atomic E-state index is 0.00308. The summed E-state index contributed by atoms with van der Waals surface area (Å²) >= 11 is 0. The second-order valence-electron chi connectivity index (χ2n) is 15.1. The minimum Gasteiger partial charge on any atom is -0.480 e. The molecule has 292 valence electrons. The smallest absolute Gasteiger partial charge is 0.326 e. The normalized spacial score (nSPS) is 22.5. The molecular formula is C35H58N8O9. The van der Waals surface area contributed by atoms with Crippen LogP contribution in [0.5, 0.6) is 0 Å². The average Bonchev–Trinajstić information content (AvgIpc) is 3.86. The molecule has 7 N–H and O–H groups in total. The summed E-state index contributed by atoms with van der Waals surface area (Å²) in [7, 11) is 0. The number of rotatable bonds is 16. The molecule has 7 atom stereocenters. The van der Waals surface area contributed by atoms with E-state index in [4.69, 9.17) is 5.73 Å². The van der Waals surface area contributed by atoms with E-state index < -0.39 is 84.3 Å². The van der Waals surface area contributed by atoms with Crippen molar-refractivity contribution in [2.45, 2.75) is 135 Å². The van der Waals surface area contributed by atoms with Gasteiger partial charge in [0.25, 0.3) is 0 Å². The van der Waals surface area contributed by atoms with E-state index in [0.717, 1.165) is 0 Å². The van der Waals surface area contributed by atoms with Gasteiger partial charge in [-0.1, -0.05) is 27.7 Å². The highest BCUT2D eigenvalue weighted by molar-refractivity contribution is 5.97. The second-order valence-corrected chi connectivity index (χ2v) is 15.1. The van der Waals surface area contributed by atoms with Crippen molar-refractivity contribution in [3.63, 3.8) is 0 Å². The molecule has 0 spiro atoms. The van der Waals surface area contributed by atoms with Gasteiger partial charge in [0.1, 0.15) is 36.3 Å². The van der Waals surface area contributed by atoms with Crippen LogP contribution in [0.3, 0.4) is 0 Å². The first-order valence-corrected chi connectivity index (χ1v) is 18.5. The molecule has 3 aliphatic heterocycles. The molecule has 0 radical (unpaired) electrons. The fraction of sp³-hybridized carbons (Fsp3) is 0.771. The summed E-state index contributed by atoms with van der Waals surface area (Å²) in [6.07, 6.45) is 3.45. The zero-order valence-corrected chi connectivity index (χ0v) is 31.3. The van der Waals surface area contributed by atoms with E-state index in [2.05, 4.69) is 21.3 Å². The van der Waals surface area contributed by atoms with Crippen LogP contribution in [0.15, 0.2) is 0 Å². The molecular weight excluding hydrogens is 676 g/mol. The van der Waals surface area contributed by atoms with Crippen molar-refractivity contribution in [3.05, 3.63) is 0 Å². The molecule has 3 rings (SSSR count). The molecule has 0 bridgehead atoms. The maximum Gasteiger partial charge on any atom is 0.326 e. The van der Waals surface area contributed by atoms with Gasteiger partial charge in [-0.15, -0.1) is 0 Å². The molecule has 17 heteroatoms. The summed E-state index contributed by atoms with van der Waals surface area (Å²) < 4.78 is 0. The first-order valence-electron chi connectivity index (χ1n) is 18.5. The van der Waals surface area contributed by atoms with Crippen LogP contribution in [0.2, 0.25) is 0 Å². The molecule has 0 aromatic rings. The number of likely N-dealkylation sites (tertiary alicyclic amines) is 3. The van der Waals surface area contributed by atoms with Gasteiger partial charge in [-0.05, 0) is 77.0 Å². The summed E-state index contributed by atoms with van der Waals surface area (Å²) in [6.45, 7) is 11.0. The number of carboxylic acids is 1. The molecule has 3 heterocycles. The van der Waals surface area contributed by atoms with Gasteiger partial charge < -0.3 is 46.8 Å². The third-order valence-corrected chi connectivity index (χ3v) is 9.73. The Labute approximate surface area is 305 Å². The molecule has 3 saturated heterocycles. The number of carbonyl (C=O) groups excluding carboxylic acids is 7. The summed E-state index contributed by atoms with van der Waals surface area (Å²) in [4.78, 5) is 108. The van der Waals surface area contributed by atoms with Crippen molar-refractivity contribution in [2.75, 3.05) is 26.2 Å². The number of hydrogen-bond donors (Lipinski definition) is 6. The Kier molecular flexibility index (Phi) is 15.4. The van der Waals surface area contributed by atoms with E-state index in [1.165, 1.54) is 28.5 Å². The Morgan fingerprint density at radius 3 is 1.58 bits per heavy atom. The molecule has 17 nitrogen and oxygen atoms in total. The zero-order valence-electron chi connectivity index (χ0n) is 31.3.